The van der Waals surface area contributed by atoms with Gasteiger partial charge in [-0.25, -0.2) is 4.98 Å². The van der Waals surface area contributed by atoms with Gasteiger partial charge in [0.15, 0.2) is 4.80 Å². The quantitative estimate of drug-likeness (QED) is 0.300. The fourth-order valence-corrected chi connectivity index (χ4v) is 5.13. The third-order valence-electron chi connectivity index (χ3n) is 5.69. The second-order valence-electron chi connectivity index (χ2n) is 7.94. The number of pyridine rings is 1. The number of aromatic nitrogens is 2. The van der Waals surface area contributed by atoms with Gasteiger partial charge in [-0.2, -0.15) is 4.99 Å². The number of nitrogens with zero attached hydrogens (tertiary/aromatic N) is 3. The van der Waals surface area contributed by atoms with E-state index in [1.165, 1.54) is 11.3 Å². The number of esters is 1. The minimum atomic E-state index is -0.422. The Labute approximate surface area is 211 Å². The number of carbonyl (C=O) groups excluding carboxylic acids is 2. The van der Waals surface area contributed by atoms with E-state index >= 15 is 0 Å². The molecule has 3 aromatic carbocycles. The Morgan fingerprint density at radius 1 is 1.00 bits per heavy atom. The molecule has 0 N–H and O–H groups in total. The largest absolute Gasteiger partial charge is 0.495 e. The van der Waals surface area contributed by atoms with Crippen molar-refractivity contribution >= 4 is 44.3 Å². The summed E-state index contributed by atoms with van der Waals surface area (Å²) >= 11 is 1.31. The summed E-state index contributed by atoms with van der Waals surface area (Å²) < 4.78 is 13.2. The van der Waals surface area contributed by atoms with Crippen LogP contribution in [0.4, 0.5) is 0 Å². The Balaban J connectivity index is 1.70. The van der Waals surface area contributed by atoms with Gasteiger partial charge in [0, 0.05) is 10.9 Å². The topological polar surface area (TPSA) is 82.8 Å². The number of ether oxygens (including phenoxy) is 2. The van der Waals surface area contributed by atoms with Gasteiger partial charge in [-0.15, -0.1) is 0 Å². The van der Waals surface area contributed by atoms with E-state index in [1.807, 2.05) is 72.8 Å². The van der Waals surface area contributed by atoms with Gasteiger partial charge in [-0.05, 0) is 31.2 Å². The van der Waals surface area contributed by atoms with E-state index < -0.39 is 11.9 Å². The first-order valence-corrected chi connectivity index (χ1v) is 12.3. The highest BCUT2D eigenvalue weighted by atomic mass is 32.1. The zero-order chi connectivity index (χ0) is 25.1. The summed E-state index contributed by atoms with van der Waals surface area (Å²) in [6.07, 6.45) is 0. The molecule has 0 spiro atoms. The van der Waals surface area contributed by atoms with Crippen molar-refractivity contribution in [2.45, 2.75) is 13.5 Å². The Hall–Kier alpha value is -4.30. The van der Waals surface area contributed by atoms with E-state index in [0.29, 0.717) is 38.2 Å². The highest BCUT2D eigenvalue weighted by molar-refractivity contribution is 7.16. The lowest BCUT2D eigenvalue weighted by Gasteiger charge is -2.09. The average molecular weight is 498 g/mol. The number of benzene rings is 3. The van der Waals surface area contributed by atoms with Gasteiger partial charge >= 0.3 is 5.97 Å². The van der Waals surface area contributed by atoms with Crippen LogP contribution in [0.5, 0.6) is 5.75 Å². The molecule has 0 saturated heterocycles. The second kappa shape index (κ2) is 10.1. The molecular weight excluding hydrogens is 474 g/mol. The maximum absolute atomic E-state index is 13.7. The SMILES string of the molecule is CCOC(=O)Cn1c(=NC(=O)c2cc(-c3ccccc3)nc3ccccc23)sc2cccc(OC)c21. The lowest BCUT2D eigenvalue weighted by molar-refractivity contribution is -0.143. The van der Waals surface area contributed by atoms with Crippen molar-refractivity contribution in [1.29, 1.82) is 0 Å². The first kappa shape index (κ1) is 23.4. The Morgan fingerprint density at radius 3 is 2.56 bits per heavy atom. The minimum absolute atomic E-state index is 0.0906. The summed E-state index contributed by atoms with van der Waals surface area (Å²) in [6, 6.07) is 24.6. The van der Waals surface area contributed by atoms with Crippen LogP contribution in [0.1, 0.15) is 17.3 Å². The van der Waals surface area contributed by atoms with Crippen LogP contribution >= 0.6 is 11.3 Å². The van der Waals surface area contributed by atoms with Gasteiger partial charge in [0.05, 0.1) is 35.2 Å². The zero-order valence-corrected chi connectivity index (χ0v) is 20.6. The summed E-state index contributed by atoms with van der Waals surface area (Å²) in [5.74, 6) is -0.255. The van der Waals surface area contributed by atoms with E-state index in [-0.39, 0.29) is 13.2 Å². The maximum Gasteiger partial charge on any atom is 0.326 e. The molecule has 0 fully saturated rings. The molecule has 0 unspecified atom stereocenters. The van der Waals surface area contributed by atoms with Crippen molar-refractivity contribution in [2.24, 2.45) is 4.99 Å². The van der Waals surface area contributed by atoms with Gasteiger partial charge in [-0.3, -0.25) is 9.59 Å². The molecule has 8 heteroatoms. The fraction of sp³-hybridized carbons (Fsp3) is 0.143. The number of hydrogen-bond acceptors (Lipinski definition) is 6. The van der Waals surface area contributed by atoms with Gasteiger partial charge in [0.25, 0.3) is 5.91 Å². The van der Waals surface area contributed by atoms with E-state index in [0.717, 1.165) is 10.3 Å². The average Bonchev–Trinajstić information content (AvgIpc) is 3.25. The molecule has 0 saturated carbocycles. The van der Waals surface area contributed by atoms with E-state index in [4.69, 9.17) is 14.5 Å². The van der Waals surface area contributed by atoms with Crippen LogP contribution < -0.4 is 9.54 Å². The van der Waals surface area contributed by atoms with Gasteiger partial charge in [-0.1, -0.05) is 65.9 Å². The van der Waals surface area contributed by atoms with Crippen molar-refractivity contribution in [3.8, 4) is 17.0 Å². The molecule has 5 aromatic rings. The molecule has 2 aromatic heterocycles. The van der Waals surface area contributed by atoms with Crippen molar-refractivity contribution in [3.63, 3.8) is 0 Å². The maximum atomic E-state index is 13.7. The summed E-state index contributed by atoms with van der Waals surface area (Å²) in [6.45, 7) is 1.92. The number of methoxy groups -OCH3 is 1. The molecule has 36 heavy (non-hydrogen) atoms. The molecule has 180 valence electrons. The van der Waals surface area contributed by atoms with Gasteiger partial charge < -0.3 is 14.0 Å². The Kier molecular flexibility index (Phi) is 6.60. The number of carbonyl (C=O) groups is 2. The lowest BCUT2D eigenvalue weighted by Crippen LogP contribution is -2.23. The van der Waals surface area contributed by atoms with E-state index in [2.05, 4.69) is 4.99 Å². The van der Waals surface area contributed by atoms with Crippen LogP contribution in [-0.4, -0.2) is 35.1 Å². The standard InChI is InChI=1S/C28H23N3O4S/c1-3-35-25(32)17-31-26-23(34-2)14-9-15-24(26)36-28(31)30-27(33)20-16-22(18-10-5-4-6-11-18)29-21-13-8-7-12-19(20)21/h4-16H,3,17H2,1-2H3. The number of thiazole rings is 1. The highest BCUT2D eigenvalue weighted by Crippen LogP contribution is 2.28. The van der Waals surface area contributed by atoms with Crippen LogP contribution in [0.15, 0.2) is 83.9 Å². The van der Waals surface area contributed by atoms with Crippen LogP contribution in [0.3, 0.4) is 0 Å². The van der Waals surface area contributed by atoms with E-state index in [9.17, 15) is 9.59 Å². The highest BCUT2D eigenvalue weighted by Gasteiger charge is 2.18. The molecule has 7 nitrogen and oxygen atoms in total. The predicted molar refractivity (Wildman–Crippen MR) is 140 cm³/mol. The number of para-hydroxylation sites is 2. The first-order chi connectivity index (χ1) is 17.6. The molecule has 1 amide bonds. The number of hydrogen-bond donors (Lipinski definition) is 0. The third-order valence-corrected chi connectivity index (χ3v) is 6.73. The monoisotopic (exact) mass is 497 g/mol. The summed E-state index contributed by atoms with van der Waals surface area (Å²) in [5, 5.41) is 0.710. The molecule has 0 aliphatic rings. The first-order valence-electron chi connectivity index (χ1n) is 11.4. The molecule has 0 atom stereocenters. The smallest absolute Gasteiger partial charge is 0.326 e. The third kappa shape index (κ3) is 4.50. The number of fused-ring (bicyclic) bond motifs is 2. The molecule has 2 heterocycles. The summed E-state index contributed by atoms with van der Waals surface area (Å²) in [7, 11) is 1.57. The predicted octanol–water partition coefficient (Wildman–Crippen LogP) is 5.23. The Bertz CT molecular complexity index is 1650. The molecule has 0 radical (unpaired) electrons. The number of rotatable bonds is 6. The van der Waals surface area contributed by atoms with Crippen LogP contribution in [0.2, 0.25) is 0 Å². The lowest BCUT2D eigenvalue weighted by atomic mass is 10.0. The summed E-state index contributed by atoms with van der Waals surface area (Å²) in [5.41, 5.74) is 3.42. The van der Waals surface area contributed by atoms with Crippen LogP contribution in [0.25, 0.3) is 32.4 Å². The molecular formula is C28H23N3O4S. The van der Waals surface area contributed by atoms with Crippen molar-refractivity contribution in [1.82, 2.24) is 9.55 Å². The number of amides is 1. The van der Waals surface area contributed by atoms with Gasteiger partial charge in [0.2, 0.25) is 0 Å². The molecule has 0 aliphatic heterocycles. The van der Waals surface area contributed by atoms with Gasteiger partial charge in [0.1, 0.15) is 17.8 Å². The van der Waals surface area contributed by atoms with Crippen LogP contribution in [-0.2, 0) is 16.1 Å². The summed E-state index contributed by atoms with van der Waals surface area (Å²) in [4.78, 5) is 35.7. The zero-order valence-electron chi connectivity index (χ0n) is 19.8. The Morgan fingerprint density at radius 2 is 1.78 bits per heavy atom. The molecule has 5 rings (SSSR count). The fourth-order valence-electron chi connectivity index (χ4n) is 4.09. The molecule has 0 bridgehead atoms. The van der Waals surface area contributed by atoms with Crippen molar-refractivity contribution in [3.05, 3.63) is 89.2 Å². The molecule has 0 aliphatic carbocycles. The van der Waals surface area contributed by atoms with E-state index in [1.54, 1.807) is 24.7 Å². The van der Waals surface area contributed by atoms with Crippen molar-refractivity contribution < 1.29 is 19.1 Å². The normalized spacial score (nSPS) is 11.7. The van der Waals surface area contributed by atoms with Crippen molar-refractivity contribution in [2.75, 3.05) is 13.7 Å². The van der Waals surface area contributed by atoms with Crippen LogP contribution in [0, 0.1) is 0 Å². The second-order valence-corrected chi connectivity index (χ2v) is 8.95. The minimum Gasteiger partial charge on any atom is -0.495 e.